The summed E-state index contributed by atoms with van der Waals surface area (Å²) in [6.07, 6.45) is 1.77. The maximum Gasteiger partial charge on any atom is 0.337 e. The molecular formula is C28H21N3O3. The number of pyridine rings is 1. The van der Waals surface area contributed by atoms with Gasteiger partial charge in [0.15, 0.2) is 0 Å². The summed E-state index contributed by atoms with van der Waals surface area (Å²) < 4.78 is 4.81. The number of hydrogen-bond donors (Lipinski definition) is 2. The molecule has 0 fully saturated rings. The quantitative estimate of drug-likeness (QED) is 0.313. The molecule has 0 saturated carbocycles. The van der Waals surface area contributed by atoms with Crippen LogP contribution in [0.5, 0.6) is 0 Å². The third kappa shape index (κ3) is 4.04. The van der Waals surface area contributed by atoms with Crippen molar-refractivity contribution in [3.05, 3.63) is 114 Å². The summed E-state index contributed by atoms with van der Waals surface area (Å²) in [7, 11) is 1.33. The molecule has 0 bridgehead atoms. The van der Waals surface area contributed by atoms with Gasteiger partial charge in [0.05, 0.1) is 35.3 Å². The lowest BCUT2D eigenvalue weighted by Gasteiger charge is -2.15. The van der Waals surface area contributed by atoms with Gasteiger partial charge in [0.2, 0.25) is 0 Å². The Balaban J connectivity index is 1.57. The van der Waals surface area contributed by atoms with E-state index in [1.54, 1.807) is 24.4 Å². The van der Waals surface area contributed by atoms with Crippen LogP contribution >= 0.6 is 0 Å². The Labute approximate surface area is 196 Å². The lowest BCUT2D eigenvalue weighted by molar-refractivity contribution is -0.110. The number of nitrogens with one attached hydrogen (secondary N) is 2. The van der Waals surface area contributed by atoms with Gasteiger partial charge in [-0.05, 0) is 42.0 Å². The number of amides is 1. The van der Waals surface area contributed by atoms with Gasteiger partial charge in [-0.3, -0.25) is 9.78 Å². The minimum Gasteiger partial charge on any atom is -0.465 e. The van der Waals surface area contributed by atoms with E-state index in [9.17, 15) is 9.59 Å². The molecule has 6 nitrogen and oxygen atoms in total. The van der Waals surface area contributed by atoms with Gasteiger partial charge in [-0.25, -0.2) is 4.79 Å². The van der Waals surface area contributed by atoms with Crippen molar-refractivity contribution in [3.63, 3.8) is 0 Å². The number of methoxy groups -OCH3 is 1. The Hall–Kier alpha value is -4.71. The van der Waals surface area contributed by atoms with Gasteiger partial charge < -0.3 is 15.4 Å². The molecule has 0 aliphatic carbocycles. The van der Waals surface area contributed by atoms with Crippen molar-refractivity contribution in [1.29, 1.82) is 0 Å². The maximum absolute atomic E-state index is 13.1. The van der Waals surface area contributed by atoms with Crippen LogP contribution in [0, 0.1) is 0 Å². The average molecular weight is 447 g/mol. The fraction of sp³-hybridized carbons (Fsp3) is 0.0357. The molecule has 0 saturated heterocycles. The molecule has 0 spiro atoms. The van der Waals surface area contributed by atoms with Crippen LogP contribution in [-0.2, 0) is 9.53 Å². The Morgan fingerprint density at radius 1 is 0.882 bits per heavy atom. The van der Waals surface area contributed by atoms with E-state index < -0.39 is 5.97 Å². The summed E-state index contributed by atoms with van der Waals surface area (Å²) in [6.45, 7) is 0. The van der Waals surface area contributed by atoms with Crippen LogP contribution in [-0.4, -0.2) is 24.0 Å². The molecule has 166 valence electrons. The highest BCUT2D eigenvalue weighted by molar-refractivity contribution is 6.37. The monoisotopic (exact) mass is 447 g/mol. The summed E-state index contributed by atoms with van der Waals surface area (Å²) in [4.78, 5) is 29.4. The van der Waals surface area contributed by atoms with E-state index in [0.717, 1.165) is 22.5 Å². The molecule has 4 aromatic rings. The largest absolute Gasteiger partial charge is 0.465 e. The molecule has 5 rings (SSSR count). The Kier molecular flexibility index (Phi) is 5.62. The van der Waals surface area contributed by atoms with Crippen LogP contribution in [0.15, 0.2) is 97.2 Å². The van der Waals surface area contributed by atoms with E-state index in [4.69, 9.17) is 4.74 Å². The number of nitrogens with zero attached hydrogens (tertiary/aromatic N) is 1. The first-order valence-corrected chi connectivity index (χ1v) is 10.8. The third-order valence-electron chi connectivity index (χ3n) is 5.61. The van der Waals surface area contributed by atoms with Crippen LogP contribution in [0.25, 0.3) is 22.5 Å². The number of hydrogen-bond acceptors (Lipinski definition) is 5. The normalized spacial score (nSPS) is 13.6. The topological polar surface area (TPSA) is 80.3 Å². The summed E-state index contributed by atoms with van der Waals surface area (Å²) >= 11 is 0. The van der Waals surface area contributed by atoms with Crippen LogP contribution < -0.4 is 10.6 Å². The fourth-order valence-corrected chi connectivity index (χ4v) is 3.95. The molecule has 0 radical (unpaired) electrons. The smallest absolute Gasteiger partial charge is 0.337 e. The number of carbonyl (C=O) groups is 2. The van der Waals surface area contributed by atoms with Gasteiger partial charge in [-0.1, -0.05) is 54.6 Å². The maximum atomic E-state index is 13.1. The van der Waals surface area contributed by atoms with Gasteiger partial charge in [0.1, 0.15) is 0 Å². The van der Waals surface area contributed by atoms with Gasteiger partial charge in [-0.15, -0.1) is 0 Å². The van der Waals surface area contributed by atoms with E-state index in [2.05, 4.69) is 15.6 Å². The molecule has 1 aromatic heterocycles. The third-order valence-corrected chi connectivity index (χ3v) is 5.61. The van der Waals surface area contributed by atoms with Crippen molar-refractivity contribution in [2.24, 2.45) is 0 Å². The van der Waals surface area contributed by atoms with E-state index >= 15 is 0 Å². The second-order valence-corrected chi connectivity index (χ2v) is 7.74. The van der Waals surface area contributed by atoms with Crippen LogP contribution in [0.4, 0.5) is 11.4 Å². The van der Waals surface area contributed by atoms with E-state index in [1.165, 1.54) is 7.11 Å². The Morgan fingerprint density at radius 3 is 2.35 bits per heavy atom. The van der Waals surface area contributed by atoms with Crippen molar-refractivity contribution >= 4 is 34.5 Å². The molecule has 2 heterocycles. The highest BCUT2D eigenvalue weighted by Gasteiger charge is 2.29. The number of carbonyl (C=O) groups excluding carboxylic acids is 2. The second-order valence-electron chi connectivity index (χ2n) is 7.74. The molecule has 0 unspecified atom stereocenters. The number of aromatic nitrogens is 1. The summed E-state index contributed by atoms with van der Waals surface area (Å²) in [5.74, 6) is -0.697. The highest BCUT2D eigenvalue weighted by Crippen LogP contribution is 2.38. The molecule has 0 atom stereocenters. The minimum absolute atomic E-state index is 0.242. The molecule has 34 heavy (non-hydrogen) atoms. The van der Waals surface area contributed by atoms with E-state index in [1.807, 2.05) is 72.8 Å². The molecular weight excluding hydrogens is 426 g/mol. The molecule has 2 N–H and O–H groups in total. The first-order valence-electron chi connectivity index (χ1n) is 10.8. The lowest BCUT2D eigenvalue weighted by Crippen LogP contribution is -2.10. The first kappa shape index (κ1) is 21.2. The van der Waals surface area contributed by atoms with Gasteiger partial charge in [0.25, 0.3) is 5.91 Å². The van der Waals surface area contributed by atoms with Crippen molar-refractivity contribution in [1.82, 2.24) is 4.98 Å². The van der Waals surface area contributed by atoms with Crippen molar-refractivity contribution in [3.8, 4) is 11.3 Å². The molecule has 1 amide bonds. The zero-order chi connectivity index (χ0) is 23.5. The Morgan fingerprint density at radius 2 is 1.65 bits per heavy atom. The number of benzene rings is 3. The van der Waals surface area contributed by atoms with Crippen LogP contribution in [0.1, 0.15) is 21.5 Å². The second kappa shape index (κ2) is 9.03. The number of ether oxygens (including phenoxy) is 1. The van der Waals surface area contributed by atoms with Crippen molar-refractivity contribution in [2.75, 3.05) is 17.7 Å². The SMILES string of the molecule is COC(=O)c1ccc2c(c1)NC(=O)/C2=C(\Nc1ccc(-c2ccccn2)cc1)c1ccccc1. The molecule has 3 aromatic carbocycles. The zero-order valence-corrected chi connectivity index (χ0v) is 18.4. The summed E-state index contributed by atoms with van der Waals surface area (Å²) in [5.41, 5.74) is 6.44. The number of rotatable bonds is 5. The zero-order valence-electron chi connectivity index (χ0n) is 18.4. The average Bonchev–Trinajstić information content (AvgIpc) is 3.22. The molecule has 1 aliphatic rings. The predicted octanol–water partition coefficient (Wildman–Crippen LogP) is 5.47. The number of anilines is 2. The van der Waals surface area contributed by atoms with E-state index in [0.29, 0.717) is 28.1 Å². The van der Waals surface area contributed by atoms with Gasteiger partial charge >= 0.3 is 5.97 Å². The molecule has 1 aliphatic heterocycles. The summed E-state index contributed by atoms with van der Waals surface area (Å²) in [5, 5.41) is 6.32. The van der Waals surface area contributed by atoms with Gasteiger partial charge in [0, 0.05) is 23.0 Å². The number of esters is 1. The Bertz CT molecular complexity index is 1400. The fourth-order valence-electron chi connectivity index (χ4n) is 3.95. The predicted molar refractivity (Wildman–Crippen MR) is 133 cm³/mol. The first-order chi connectivity index (χ1) is 16.6. The standard InChI is InChI=1S/C28H21N3O3/c1-34-28(33)20-12-15-22-24(17-20)31-27(32)25(22)26(19-7-3-2-4-8-19)30-21-13-10-18(11-14-21)23-9-5-6-16-29-23/h2-17,30H,1H3,(H,31,32)/b26-25-. The van der Waals surface area contributed by atoms with Crippen molar-refractivity contribution < 1.29 is 14.3 Å². The summed E-state index contributed by atoms with van der Waals surface area (Å²) in [6, 6.07) is 28.4. The van der Waals surface area contributed by atoms with Crippen LogP contribution in [0.3, 0.4) is 0 Å². The van der Waals surface area contributed by atoms with E-state index in [-0.39, 0.29) is 5.91 Å². The molecule has 6 heteroatoms. The number of fused-ring (bicyclic) bond motifs is 1. The lowest BCUT2D eigenvalue weighted by atomic mass is 9.99. The highest BCUT2D eigenvalue weighted by atomic mass is 16.5. The van der Waals surface area contributed by atoms with Gasteiger partial charge in [-0.2, -0.15) is 0 Å². The van der Waals surface area contributed by atoms with Crippen molar-refractivity contribution in [2.45, 2.75) is 0 Å². The van der Waals surface area contributed by atoms with Crippen LogP contribution in [0.2, 0.25) is 0 Å². The minimum atomic E-state index is -0.455.